The fourth-order valence-electron chi connectivity index (χ4n) is 4.65. The Morgan fingerprint density at radius 1 is 1.13 bits per heavy atom. The number of carbonyl (C=O) groups is 1. The summed E-state index contributed by atoms with van der Waals surface area (Å²) in [6.07, 6.45) is 7.84. The van der Waals surface area contributed by atoms with Crippen molar-refractivity contribution in [2.45, 2.75) is 70.4 Å². The maximum Gasteiger partial charge on any atom is 0.416 e. The highest BCUT2D eigenvalue weighted by atomic mass is 16.9. The molecule has 2 aromatic rings. The number of ether oxygens (including phenoxy) is 3. The molecule has 2 aliphatic heterocycles. The molecular formula is C25H31NO4. The number of methoxy groups -OCH3 is 1. The SMILES string of the molecule is CCCCCCC1=CCC2N(C(C)c3cccc4ccccc34)C(=O)OC2(OC)O1. The van der Waals surface area contributed by atoms with E-state index in [2.05, 4.69) is 37.3 Å². The van der Waals surface area contributed by atoms with Crippen molar-refractivity contribution in [2.24, 2.45) is 0 Å². The van der Waals surface area contributed by atoms with E-state index in [1.807, 2.05) is 25.1 Å². The number of unbranched alkanes of at least 4 members (excludes halogenated alkanes) is 3. The fraction of sp³-hybridized carbons (Fsp3) is 0.480. The third-order valence-electron chi connectivity index (χ3n) is 6.28. The number of hydrogen-bond donors (Lipinski definition) is 0. The van der Waals surface area contributed by atoms with Crippen LogP contribution in [0.2, 0.25) is 0 Å². The number of amides is 1. The molecule has 3 unspecified atom stereocenters. The van der Waals surface area contributed by atoms with E-state index in [4.69, 9.17) is 14.2 Å². The second-order valence-corrected chi connectivity index (χ2v) is 8.16. The molecule has 5 nitrogen and oxygen atoms in total. The Kier molecular flexibility index (Phi) is 6.00. The van der Waals surface area contributed by atoms with E-state index in [1.54, 1.807) is 12.0 Å². The Balaban J connectivity index is 1.59. The Bertz CT molecular complexity index is 934. The molecule has 0 radical (unpaired) electrons. The minimum atomic E-state index is -1.37. The zero-order chi connectivity index (χ0) is 21.1. The number of carbonyl (C=O) groups excluding carboxylic acids is 1. The summed E-state index contributed by atoms with van der Waals surface area (Å²) in [4.78, 5) is 14.8. The maximum atomic E-state index is 13.0. The molecule has 1 amide bonds. The third kappa shape index (κ3) is 3.67. The van der Waals surface area contributed by atoms with Gasteiger partial charge in [0.25, 0.3) is 0 Å². The van der Waals surface area contributed by atoms with Gasteiger partial charge in [-0.05, 0) is 42.2 Å². The van der Waals surface area contributed by atoms with Crippen molar-refractivity contribution in [3.8, 4) is 0 Å². The van der Waals surface area contributed by atoms with E-state index in [0.29, 0.717) is 6.42 Å². The summed E-state index contributed by atoms with van der Waals surface area (Å²) >= 11 is 0. The minimum Gasteiger partial charge on any atom is -0.433 e. The zero-order valence-electron chi connectivity index (χ0n) is 18.1. The average molecular weight is 410 g/mol. The lowest BCUT2D eigenvalue weighted by molar-refractivity contribution is -0.333. The summed E-state index contributed by atoms with van der Waals surface area (Å²) < 4.78 is 17.6. The van der Waals surface area contributed by atoms with Crippen LogP contribution in [0.25, 0.3) is 10.8 Å². The first-order chi connectivity index (χ1) is 14.6. The van der Waals surface area contributed by atoms with Crippen molar-refractivity contribution in [1.29, 1.82) is 0 Å². The van der Waals surface area contributed by atoms with Gasteiger partial charge in [0.1, 0.15) is 6.04 Å². The molecule has 160 valence electrons. The molecule has 3 atom stereocenters. The van der Waals surface area contributed by atoms with Crippen molar-refractivity contribution in [3.05, 3.63) is 59.9 Å². The van der Waals surface area contributed by atoms with Gasteiger partial charge in [0, 0.05) is 13.5 Å². The summed E-state index contributed by atoms with van der Waals surface area (Å²) in [5.74, 6) is -0.512. The van der Waals surface area contributed by atoms with Gasteiger partial charge in [-0.15, -0.1) is 0 Å². The first kappa shape index (κ1) is 20.7. The summed E-state index contributed by atoms with van der Waals surface area (Å²) in [6, 6.07) is 13.9. The molecule has 0 N–H and O–H groups in total. The van der Waals surface area contributed by atoms with E-state index in [0.717, 1.165) is 34.9 Å². The fourth-order valence-corrected chi connectivity index (χ4v) is 4.65. The highest BCUT2D eigenvalue weighted by molar-refractivity contribution is 5.86. The van der Waals surface area contributed by atoms with Crippen LogP contribution in [-0.2, 0) is 14.2 Å². The smallest absolute Gasteiger partial charge is 0.416 e. The monoisotopic (exact) mass is 409 g/mol. The largest absolute Gasteiger partial charge is 0.433 e. The Hall–Kier alpha value is -2.53. The van der Waals surface area contributed by atoms with Gasteiger partial charge in [0.15, 0.2) is 0 Å². The first-order valence-electron chi connectivity index (χ1n) is 11.0. The van der Waals surface area contributed by atoms with E-state index in [1.165, 1.54) is 19.3 Å². The van der Waals surface area contributed by atoms with Crippen LogP contribution in [0.1, 0.15) is 64.0 Å². The number of rotatable bonds is 8. The molecule has 4 rings (SSSR count). The molecule has 0 aliphatic carbocycles. The normalized spacial score (nSPS) is 24.2. The van der Waals surface area contributed by atoms with Crippen LogP contribution in [0.4, 0.5) is 4.79 Å². The summed E-state index contributed by atoms with van der Waals surface area (Å²) in [5, 5.41) is 2.29. The summed E-state index contributed by atoms with van der Waals surface area (Å²) in [5.41, 5.74) is 1.09. The van der Waals surface area contributed by atoms with E-state index in [-0.39, 0.29) is 12.1 Å². The van der Waals surface area contributed by atoms with Gasteiger partial charge < -0.3 is 14.2 Å². The lowest BCUT2D eigenvalue weighted by Crippen LogP contribution is -2.50. The highest BCUT2D eigenvalue weighted by Crippen LogP contribution is 2.44. The van der Waals surface area contributed by atoms with Gasteiger partial charge in [0.2, 0.25) is 0 Å². The van der Waals surface area contributed by atoms with Crippen LogP contribution in [0.5, 0.6) is 0 Å². The van der Waals surface area contributed by atoms with Crippen LogP contribution in [-0.4, -0.2) is 30.1 Å². The molecule has 2 aliphatic rings. The zero-order valence-corrected chi connectivity index (χ0v) is 18.1. The summed E-state index contributed by atoms with van der Waals surface area (Å²) in [6.45, 7) is 4.24. The quantitative estimate of drug-likeness (QED) is 0.480. The van der Waals surface area contributed by atoms with Crippen LogP contribution in [0.15, 0.2) is 54.3 Å². The number of nitrogens with zero attached hydrogens (tertiary/aromatic N) is 1. The van der Waals surface area contributed by atoms with Crippen LogP contribution < -0.4 is 0 Å². The van der Waals surface area contributed by atoms with Crippen molar-refractivity contribution >= 4 is 16.9 Å². The van der Waals surface area contributed by atoms with E-state index < -0.39 is 12.1 Å². The molecular weight excluding hydrogens is 378 g/mol. The lowest BCUT2D eigenvalue weighted by Gasteiger charge is -2.38. The molecule has 1 fully saturated rings. The van der Waals surface area contributed by atoms with Crippen molar-refractivity contribution in [3.63, 3.8) is 0 Å². The number of fused-ring (bicyclic) bond motifs is 2. The molecule has 30 heavy (non-hydrogen) atoms. The summed E-state index contributed by atoms with van der Waals surface area (Å²) in [7, 11) is 1.55. The second kappa shape index (κ2) is 8.68. The number of hydrogen-bond acceptors (Lipinski definition) is 4. The molecule has 0 bridgehead atoms. The van der Waals surface area contributed by atoms with Crippen LogP contribution in [0.3, 0.4) is 0 Å². The Labute approximate surface area is 178 Å². The van der Waals surface area contributed by atoms with Crippen LogP contribution >= 0.6 is 0 Å². The molecule has 5 heteroatoms. The second-order valence-electron chi connectivity index (χ2n) is 8.16. The Morgan fingerprint density at radius 3 is 2.73 bits per heavy atom. The number of allylic oxidation sites excluding steroid dienone is 1. The predicted molar refractivity (Wildman–Crippen MR) is 117 cm³/mol. The van der Waals surface area contributed by atoms with Gasteiger partial charge in [-0.25, -0.2) is 4.79 Å². The lowest BCUT2D eigenvalue weighted by atomic mass is 9.96. The predicted octanol–water partition coefficient (Wildman–Crippen LogP) is 6.30. The highest BCUT2D eigenvalue weighted by Gasteiger charge is 2.60. The molecule has 2 aromatic carbocycles. The number of benzene rings is 2. The van der Waals surface area contributed by atoms with Crippen molar-refractivity contribution in [2.75, 3.05) is 7.11 Å². The Morgan fingerprint density at radius 2 is 1.93 bits per heavy atom. The standard InChI is InChI=1S/C25H31NO4/c1-4-5-6-7-13-20-16-17-23-25(28-3,29-20)30-24(27)26(23)18(2)21-15-10-12-19-11-8-9-14-22(19)21/h8-12,14-16,18,23H,4-7,13,17H2,1-3H3. The minimum absolute atomic E-state index is 0.172. The molecule has 1 saturated heterocycles. The third-order valence-corrected chi connectivity index (χ3v) is 6.28. The van der Waals surface area contributed by atoms with Gasteiger partial charge >= 0.3 is 12.1 Å². The van der Waals surface area contributed by atoms with Gasteiger partial charge in [-0.2, -0.15) is 0 Å². The topological polar surface area (TPSA) is 48.0 Å². The van der Waals surface area contributed by atoms with Crippen LogP contribution in [0, 0.1) is 0 Å². The van der Waals surface area contributed by atoms with Crippen molar-refractivity contribution < 1.29 is 19.0 Å². The maximum absolute atomic E-state index is 13.0. The van der Waals surface area contributed by atoms with E-state index in [9.17, 15) is 4.79 Å². The molecule has 0 saturated carbocycles. The molecule has 2 heterocycles. The average Bonchev–Trinajstić information content (AvgIpc) is 3.07. The van der Waals surface area contributed by atoms with Crippen molar-refractivity contribution in [1.82, 2.24) is 4.90 Å². The van der Waals surface area contributed by atoms with Gasteiger partial charge in [-0.1, -0.05) is 68.7 Å². The van der Waals surface area contributed by atoms with Gasteiger partial charge in [-0.3, -0.25) is 4.90 Å². The first-order valence-corrected chi connectivity index (χ1v) is 11.0. The molecule has 0 aromatic heterocycles. The van der Waals surface area contributed by atoms with Gasteiger partial charge in [0.05, 0.1) is 11.8 Å². The molecule has 0 spiro atoms. The van der Waals surface area contributed by atoms with E-state index >= 15 is 0 Å².